The van der Waals surface area contributed by atoms with Gasteiger partial charge in [0.05, 0.1) is 10.8 Å². The second kappa shape index (κ2) is 7.95. The van der Waals surface area contributed by atoms with Crippen LogP contribution in [-0.2, 0) is 7.05 Å². The highest BCUT2D eigenvalue weighted by Crippen LogP contribution is 2.28. The summed E-state index contributed by atoms with van der Waals surface area (Å²) in [6.07, 6.45) is 4.19. The smallest absolute Gasteiger partial charge is 0.213 e. The van der Waals surface area contributed by atoms with Crippen LogP contribution in [0.3, 0.4) is 0 Å². The Hall–Kier alpha value is -1.62. The Morgan fingerprint density at radius 2 is 1.35 bits per heavy atom. The minimum Gasteiger partial charge on any atom is -1.00 e. The van der Waals surface area contributed by atoms with Gasteiger partial charge in [-0.1, -0.05) is 65.7 Å². The van der Waals surface area contributed by atoms with Crippen molar-refractivity contribution in [1.82, 2.24) is 0 Å². The molecule has 0 N–H and O–H groups in total. The Morgan fingerprint density at radius 1 is 0.769 bits per heavy atom. The maximum atomic E-state index is 6.32. The normalized spacial score (nSPS) is 11.2. The van der Waals surface area contributed by atoms with Gasteiger partial charge in [0.15, 0.2) is 0 Å². The number of aryl methyl sites for hydroxylation is 1. The Morgan fingerprint density at radius 3 is 1.92 bits per heavy atom. The third-order valence-electron chi connectivity index (χ3n) is 4.50. The van der Waals surface area contributed by atoms with Crippen molar-refractivity contribution in [2.24, 2.45) is 7.05 Å². The molecule has 1 heterocycles. The number of nitrogens with zero attached hydrogens (tertiary/aromatic N) is 1. The van der Waals surface area contributed by atoms with E-state index in [1.54, 1.807) is 6.07 Å². The van der Waals surface area contributed by atoms with Gasteiger partial charge in [0.25, 0.3) is 0 Å². The molecule has 0 aliphatic rings. The lowest BCUT2D eigenvalue weighted by molar-refractivity contribution is -0.617. The van der Waals surface area contributed by atoms with Gasteiger partial charge in [0.1, 0.15) is 7.05 Å². The zero-order chi connectivity index (χ0) is 17.4. The largest absolute Gasteiger partial charge is 1.00 e. The summed E-state index contributed by atoms with van der Waals surface area (Å²) in [5.74, 6) is 0. The number of halogens is 3. The Labute approximate surface area is 179 Å². The number of hydrogen-bond acceptors (Lipinski definition) is 0. The fourth-order valence-corrected chi connectivity index (χ4v) is 3.72. The molecule has 4 rings (SSSR count). The molecule has 0 unspecified atom stereocenters. The summed E-state index contributed by atoms with van der Waals surface area (Å²) in [4.78, 5) is 0. The highest BCUT2D eigenvalue weighted by Gasteiger charge is 2.15. The Bertz CT molecular complexity index is 1080. The van der Waals surface area contributed by atoms with E-state index in [2.05, 4.69) is 66.2 Å². The predicted molar refractivity (Wildman–Crippen MR) is 108 cm³/mol. The lowest BCUT2D eigenvalue weighted by Crippen LogP contribution is -3.00. The quantitative estimate of drug-likeness (QED) is 0.230. The van der Waals surface area contributed by atoms with Crippen molar-refractivity contribution in [3.63, 3.8) is 0 Å². The molecule has 0 amide bonds. The number of benzene rings is 3. The third-order valence-corrected chi connectivity index (χ3v) is 5.07. The van der Waals surface area contributed by atoms with E-state index in [0.29, 0.717) is 10.0 Å². The van der Waals surface area contributed by atoms with Gasteiger partial charge in [0.2, 0.25) is 11.0 Å². The number of fused-ring (bicyclic) bond motifs is 2. The van der Waals surface area contributed by atoms with Crippen molar-refractivity contribution in [3.05, 3.63) is 87.9 Å². The van der Waals surface area contributed by atoms with Crippen molar-refractivity contribution in [2.45, 2.75) is 0 Å². The van der Waals surface area contributed by atoms with Crippen LogP contribution in [0.1, 0.15) is 11.1 Å². The Balaban J connectivity index is 0.00000196. The minimum atomic E-state index is 0. The lowest BCUT2D eigenvalue weighted by atomic mass is 10.0. The van der Waals surface area contributed by atoms with E-state index in [1.807, 2.05) is 18.2 Å². The van der Waals surface area contributed by atoms with Gasteiger partial charge < -0.3 is 24.0 Å². The molecule has 1 nitrogen and oxygen atoms in total. The fraction of sp³-hybridized carbons (Fsp3) is 0.0455. The Kier molecular flexibility index (Phi) is 5.86. The molecule has 4 heteroatoms. The molecule has 0 atom stereocenters. The molecule has 3 aromatic carbocycles. The number of hydrogen-bond donors (Lipinski definition) is 0. The summed E-state index contributed by atoms with van der Waals surface area (Å²) < 4.78 is 2.23. The summed E-state index contributed by atoms with van der Waals surface area (Å²) in [7, 11) is 2.11. The van der Waals surface area contributed by atoms with Crippen LogP contribution in [0.15, 0.2) is 66.7 Å². The standard InChI is InChI=1S/C22H16Cl2N.HI/c1-25-21-8-4-2-6-18(21)17(19-7-3-5-9-22(19)25)13-11-15-10-12-16(23)14-20(15)24;/h2-14H,1H3;1H/q+1;/p-1/b13-11+;. The summed E-state index contributed by atoms with van der Waals surface area (Å²) in [6, 6.07) is 22.5. The number of aromatic nitrogens is 1. The van der Waals surface area contributed by atoms with Crippen LogP contribution in [0.5, 0.6) is 0 Å². The monoisotopic (exact) mass is 491 g/mol. The molecule has 0 saturated heterocycles. The van der Waals surface area contributed by atoms with E-state index < -0.39 is 0 Å². The SMILES string of the molecule is C[n+]1c2ccccc2c(/C=C/c2ccc(Cl)cc2Cl)c2ccccc21.[I-]. The van der Waals surface area contributed by atoms with Crippen LogP contribution < -0.4 is 28.5 Å². The highest BCUT2D eigenvalue weighted by molar-refractivity contribution is 6.35. The maximum absolute atomic E-state index is 6.32. The van der Waals surface area contributed by atoms with E-state index >= 15 is 0 Å². The van der Waals surface area contributed by atoms with Crippen molar-refractivity contribution in [2.75, 3.05) is 0 Å². The number of pyridine rings is 1. The average Bonchev–Trinajstić information content (AvgIpc) is 2.63. The highest BCUT2D eigenvalue weighted by atomic mass is 127. The van der Waals surface area contributed by atoms with Gasteiger partial charge in [0, 0.05) is 27.7 Å². The van der Waals surface area contributed by atoms with Gasteiger partial charge in [-0.15, -0.1) is 0 Å². The van der Waals surface area contributed by atoms with Gasteiger partial charge >= 0.3 is 0 Å². The summed E-state index contributed by atoms with van der Waals surface area (Å²) in [5.41, 5.74) is 4.54. The van der Waals surface area contributed by atoms with Gasteiger partial charge in [-0.25, -0.2) is 0 Å². The first-order valence-electron chi connectivity index (χ1n) is 8.08. The molecule has 0 bridgehead atoms. The van der Waals surface area contributed by atoms with Gasteiger partial charge in [-0.2, -0.15) is 4.57 Å². The second-order valence-electron chi connectivity index (χ2n) is 6.01. The zero-order valence-electron chi connectivity index (χ0n) is 14.1. The first kappa shape index (κ1) is 19.2. The lowest BCUT2D eigenvalue weighted by Gasteiger charge is -2.07. The fourth-order valence-electron chi connectivity index (χ4n) is 3.25. The maximum Gasteiger partial charge on any atom is 0.213 e. The summed E-state index contributed by atoms with van der Waals surface area (Å²) in [5, 5.41) is 3.72. The molecule has 1 aromatic heterocycles. The number of rotatable bonds is 2. The van der Waals surface area contributed by atoms with E-state index in [-0.39, 0.29) is 24.0 Å². The number of para-hydroxylation sites is 2. The predicted octanol–water partition coefficient (Wildman–Crippen LogP) is 3.30. The van der Waals surface area contributed by atoms with Crippen LogP contribution in [0.25, 0.3) is 34.0 Å². The summed E-state index contributed by atoms with van der Waals surface area (Å²) in [6.45, 7) is 0. The molecule has 0 aliphatic carbocycles. The molecule has 0 fully saturated rings. The van der Waals surface area contributed by atoms with Crippen molar-refractivity contribution >= 4 is 57.2 Å². The van der Waals surface area contributed by atoms with E-state index in [1.165, 1.54) is 27.4 Å². The van der Waals surface area contributed by atoms with E-state index in [9.17, 15) is 0 Å². The molecule has 0 radical (unpaired) electrons. The van der Waals surface area contributed by atoms with Crippen molar-refractivity contribution in [1.29, 1.82) is 0 Å². The molecular formula is C22H16Cl2IN. The van der Waals surface area contributed by atoms with Gasteiger partial charge in [-0.05, 0) is 29.8 Å². The summed E-state index contributed by atoms with van der Waals surface area (Å²) >= 11 is 12.3. The van der Waals surface area contributed by atoms with Gasteiger partial charge in [-0.3, -0.25) is 0 Å². The molecule has 0 spiro atoms. The molecule has 0 aliphatic heterocycles. The average molecular weight is 492 g/mol. The van der Waals surface area contributed by atoms with Crippen LogP contribution in [-0.4, -0.2) is 0 Å². The van der Waals surface area contributed by atoms with Crippen molar-refractivity contribution < 1.29 is 28.5 Å². The molecule has 130 valence electrons. The molecule has 26 heavy (non-hydrogen) atoms. The molecular weight excluding hydrogens is 476 g/mol. The first-order valence-corrected chi connectivity index (χ1v) is 8.83. The minimum absolute atomic E-state index is 0. The zero-order valence-corrected chi connectivity index (χ0v) is 17.8. The van der Waals surface area contributed by atoms with Crippen LogP contribution in [0.2, 0.25) is 10.0 Å². The molecule has 4 aromatic rings. The van der Waals surface area contributed by atoms with Crippen LogP contribution >= 0.6 is 23.2 Å². The van der Waals surface area contributed by atoms with Crippen LogP contribution in [0.4, 0.5) is 0 Å². The van der Waals surface area contributed by atoms with E-state index in [0.717, 1.165) is 5.56 Å². The topological polar surface area (TPSA) is 3.88 Å². The second-order valence-corrected chi connectivity index (χ2v) is 6.85. The first-order chi connectivity index (χ1) is 12.1. The van der Waals surface area contributed by atoms with Crippen LogP contribution in [0, 0.1) is 0 Å². The molecule has 0 saturated carbocycles. The third kappa shape index (κ3) is 3.46. The van der Waals surface area contributed by atoms with E-state index in [4.69, 9.17) is 23.2 Å². The van der Waals surface area contributed by atoms with Crippen molar-refractivity contribution in [3.8, 4) is 0 Å².